The van der Waals surface area contributed by atoms with Crippen LogP contribution in [0.2, 0.25) is 0 Å². The fourth-order valence-electron chi connectivity index (χ4n) is 1.97. The number of para-hydroxylation sites is 1. The lowest BCUT2D eigenvalue weighted by Gasteiger charge is -2.31. The third-order valence-electron chi connectivity index (χ3n) is 2.84. The zero-order valence-electron chi connectivity index (χ0n) is 9.85. The summed E-state index contributed by atoms with van der Waals surface area (Å²) in [6.07, 6.45) is 0. The first-order valence-corrected chi connectivity index (χ1v) is 6.73. The molecule has 0 bridgehead atoms. The van der Waals surface area contributed by atoms with Crippen molar-refractivity contribution in [1.29, 1.82) is 0 Å². The number of benzene rings is 1. The highest BCUT2D eigenvalue weighted by atomic mass is 32.2. The number of hydrazine groups is 1. The van der Waals surface area contributed by atoms with Gasteiger partial charge in [-0.1, -0.05) is 19.1 Å². The third-order valence-corrected chi connectivity index (χ3v) is 3.98. The second-order valence-electron chi connectivity index (χ2n) is 4.12. The Morgan fingerprint density at radius 1 is 1.53 bits per heavy atom. The summed E-state index contributed by atoms with van der Waals surface area (Å²) in [7, 11) is 0. The molecule has 1 heterocycles. The lowest BCUT2D eigenvalue weighted by Crippen LogP contribution is -2.41. The van der Waals surface area contributed by atoms with E-state index in [1.807, 2.05) is 40.9 Å². The van der Waals surface area contributed by atoms with Crippen LogP contribution in [0, 0.1) is 0 Å². The van der Waals surface area contributed by atoms with E-state index in [1.54, 1.807) is 0 Å². The molecular weight excluding hydrogens is 234 g/mol. The van der Waals surface area contributed by atoms with Crippen LogP contribution in [0.1, 0.15) is 17.3 Å². The van der Waals surface area contributed by atoms with Crippen LogP contribution in [0.25, 0.3) is 0 Å². The monoisotopic (exact) mass is 251 g/mol. The Labute approximate surface area is 106 Å². The standard InChI is InChI=1S/C12H17N3OS/c1-9-8-15(6-7-17-9)12(16)10-4-2-3-5-11(10)14-13/h2-5,9,14H,6-8,13H2,1H3. The zero-order chi connectivity index (χ0) is 12.3. The summed E-state index contributed by atoms with van der Waals surface area (Å²) < 4.78 is 0. The van der Waals surface area contributed by atoms with Gasteiger partial charge in [-0.05, 0) is 12.1 Å². The first kappa shape index (κ1) is 12.3. The van der Waals surface area contributed by atoms with Gasteiger partial charge in [-0.15, -0.1) is 0 Å². The number of carbonyl (C=O) groups is 1. The normalized spacial score (nSPS) is 20.1. The minimum Gasteiger partial charge on any atom is -0.337 e. The van der Waals surface area contributed by atoms with Crippen LogP contribution in [0.15, 0.2) is 24.3 Å². The van der Waals surface area contributed by atoms with Gasteiger partial charge in [0.2, 0.25) is 0 Å². The van der Waals surface area contributed by atoms with E-state index >= 15 is 0 Å². The van der Waals surface area contributed by atoms with Crippen LogP contribution < -0.4 is 11.3 Å². The minimum absolute atomic E-state index is 0.0608. The minimum atomic E-state index is 0.0608. The molecule has 1 aliphatic heterocycles. The molecule has 0 aromatic heterocycles. The zero-order valence-corrected chi connectivity index (χ0v) is 10.7. The van der Waals surface area contributed by atoms with Crippen molar-refractivity contribution in [1.82, 2.24) is 4.90 Å². The molecule has 1 unspecified atom stereocenters. The fraction of sp³-hybridized carbons (Fsp3) is 0.417. The molecule has 3 N–H and O–H groups in total. The molecule has 0 saturated carbocycles. The lowest BCUT2D eigenvalue weighted by molar-refractivity contribution is 0.0764. The quantitative estimate of drug-likeness (QED) is 0.618. The Hall–Kier alpha value is -1.20. The number of nitrogens with zero attached hydrogens (tertiary/aromatic N) is 1. The summed E-state index contributed by atoms with van der Waals surface area (Å²) in [6, 6.07) is 7.34. The van der Waals surface area contributed by atoms with Crippen molar-refractivity contribution < 1.29 is 4.79 Å². The lowest BCUT2D eigenvalue weighted by atomic mass is 10.1. The highest BCUT2D eigenvalue weighted by molar-refractivity contribution is 7.99. The number of rotatable bonds is 2. The van der Waals surface area contributed by atoms with Gasteiger partial charge in [0.15, 0.2) is 0 Å². The Kier molecular flexibility index (Phi) is 3.91. The largest absolute Gasteiger partial charge is 0.337 e. The number of nitrogen functional groups attached to an aromatic ring is 1. The van der Waals surface area contributed by atoms with Crippen molar-refractivity contribution in [2.75, 3.05) is 24.3 Å². The van der Waals surface area contributed by atoms with Gasteiger partial charge in [0, 0.05) is 24.1 Å². The summed E-state index contributed by atoms with van der Waals surface area (Å²) in [5, 5.41) is 0.505. The molecule has 1 atom stereocenters. The second kappa shape index (κ2) is 5.42. The maximum absolute atomic E-state index is 12.3. The molecule has 2 rings (SSSR count). The van der Waals surface area contributed by atoms with Crippen molar-refractivity contribution in [3.8, 4) is 0 Å². The van der Waals surface area contributed by atoms with Crippen LogP contribution in [0.5, 0.6) is 0 Å². The molecule has 0 spiro atoms. The average molecular weight is 251 g/mol. The molecule has 0 radical (unpaired) electrons. The Morgan fingerprint density at radius 3 is 3.00 bits per heavy atom. The number of hydrogen-bond donors (Lipinski definition) is 2. The van der Waals surface area contributed by atoms with E-state index in [1.165, 1.54) is 0 Å². The van der Waals surface area contributed by atoms with E-state index < -0.39 is 0 Å². The summed E-state index contributed by atoms with van der Waals surface area (Å²) >= 11 is 1.91. The Bertz CT molecular complexity index is 410. The van der Waals surface area contributed by atoms with Gasteiger partial charge in [0.05, 0.1) is 11.3 Å². The Morgan fingerprint density at radius 2 is 2.29 bits per heavy atom. The van der Waals surface area contributed by atoms with Gasteiger partial charge in [-0.25, -0.2) is 0 Å². The number of nitrogens with one attached hydrogen (secondary N) is 1. The molecule has 1 saturated heterocycles. The third kappa shape index (κ3) is 2.73. The second-order valence-corrected chi connectivity index (χ2v) is 5.67. The fourth-order valence-corrected chi connectivity index (χ4v) is 2.98. The van der Waals surface area contributed by atoms with Crippen LogP contribution >= 0.6 is 11.8 Å². The summed E-state index contributed by atoms with van der Waals surface area (Å²) in [6.45, 7) is 3.77. The number of nitrogens with two attached hydrogens (primary N) is 1. The summed E-state index contributed by atoms with van der Waals surface area (Å²) in [5.74, 6) is 6.49. The van der Waals surface area contributed by atoms with Crippen molar-refractivity contribution >= 4 is 23.4 Å². The maximum Gasteiger partial charge on any atom is 0.256 e. The van der Waals surface area contributed by atoms with Gasteiger partial charge in [0.1, 0.15) is 0 Å². The van der Waals surface area contributed by atoms with Gasteiger partial charge in [-0.3, -0.25) is 10.6 Å². The molecule has 92 valence electrons. The van der Waals surface area contributed by atoms with Crippen LogP contribution in [-0.2, 0) is 0 Å². The predicted octanol–water partition coefficient (Wildman–Crippen LogP) is 1.55. The molecule has 1 aromatic carbocycles. The van der Waals surface area contributed by atoms with Gasteiger partial charge >= 0.3 is 0 Å². The highest BCUT2D eigenvalue weighted by Gasteiger charge is 2.23. The summed E-state index contributed by atoms with van der Waals surface area (Å²) in [5.41, 5.74) is 3.91. The topological polar surface area (TPSA) is 58.4 Å². The number of hydrogen-bond acceptors (Lipinski definition) is 4. The number of carbonyl (C=O) groups excluding carboxylic acids is 1. The first-order valence-electron chi connectivity index (χ1n) is 5.69. The van der Waals surface area contributed by atoms with E-state index in [-0.39, 0.29) is 5.91 Å². The smallest absolute Gasteiger partial charge is 0.256 e. The molecule has 1 aromatic rings. The van der Waals surface area contributed by atoms with Crippen LogP contribution in [0.4, 0.5) is 5.69 Å². The van der Waals surface area contributed by atoms with E-state index in [0.29, 0.717) is 16.5 Å². The van der Waals surface area contributed by atoms with Crippen molar-refractivity contribution in [2.24, 2.45) is 5.84 Å². The number of amides is 1. The van der Waals surface area contributed by atoms with Gasteiger partial charge < -0.3 is 10.3 Å². The van der Waals surface area contributed by atoms with Crippen LogP contribution in [0.3, 0.4) is 0 Å². The Balaban J connectivity index is 2.18. The summed E-state index contributed by atoms with van der Waals surface area (Å²) in [4.78, 5) is 14.2. The van der Waals surface area contributed by atoms with Crippen molar-refractivity contribution in [3.63, 3.8) is 0 Å². The molecule has 17 heavy (non-hydrogen) atoms. The van der Waals surface area contributed by atoms with E-state index in [0.717, 1.165) is 18.8 Å². The van der Waals surface area contributed by atoms with E-state index in [9.17, 15) is 4.79 Å². The molecule has 1 fully saturated rings. The van der Waals surface area contributed by atoms with Crippen molar-refractivity contribution in [2.45, 2.75) is 12.2 Å². The molecule has 1 amide bonds. The van der Waals surface area contributed by atoms with Gasteiger partial charge in [0.25, 0.3) is 5.91 Å². The van der Waals surface area contributed by atoms with Gasteiger partial charge in [-0.2, -0.15) is 11.8 Å². The predicted molar refractivity (Wildman–Crippen MR) is 72.1 cm³/mol. The molecular formula is C12H17N3OS. The number of anilines is 1. The van der Waals surface area contributed by atoms with E-state index in [2.05, 4.69) is 12.3 Å². The molecule has 1 aliphatic rings. The maximum atomic E-state index is 12.3. The molecule has 0 aliphatic carbocycles. The SMILES string of the molecule is CC1CN(C(=O)c2ccccc2NN)CCS1. The average Bonchev–Trinajstić information content (AvgIpc) is 2.38. The highest BCUT2D eigenvalue weighted by Crippen LogP contribution is 2.22. The van der Waals surface area contributed by atoms with E-state index in [4.69, 9.17) is 5.84 Å². The van der Waals surface area contributed by atoms with Crippen molar-refractivity contribution in [3.05, 3.63) is 29.8 Å². The molecule has 4 nitrogen and oxygen atoms in total. The number of thioether (sulfide) groups is 1. The molecule has 5 heteroatoms. The first-order chi connectivity index (χ1) is 8.22. The van der Waals surface area contributed by atoms with Crippen LogP contribution in [-0.4, -0.2) is 34.9 Å².